The molecule has 0 unspecified atom stereocenters. The number of benzene rings is 2. The highest BCUT2D eigenvalue weighted by atomic mass is 16.5. The fourth-order valence-electron chi connectivity index (χ4n) is 3.41. The summed E-state index contributed by atoms with van der Waals surface area (Å²) in [5, 5.41) is 0. The summed E-state index contributed by atoms with van der Waals surface area (Å²) in [7, 11) is 3.25. The number of aryl methyl sites for hydroxylation is 2. The average Bonchev–Trinajstić information content (AvgIpc) is 3.18. The lowest BCUT2D eigenvalue weighted by Gasteiger charge is -2.13. The number of hydrogen-bond acceptors (Lipinski definition) is 3. The summed E-state index contributed by atoms with van der Waals surface area (Å²) in [5.41, 5.74) is 3.76. The van der Waals surface area contributed by atoms with Crippen LogP contribution in [-0.4, -0.2) is 23.2 Å². The molecular formula is C21H20N2O3. The predicted molar refractivity (Wildman–Crippen MR) is 102 cm³/mol. The number of hydrogen-bond donors (Lipinski definition) is 0. The summed E-state index contributed by atoms with van der Waals surface area (Å²) in [6.07, 6.45) is 2.65. The Morgan fingerprint density at radius 1 is 0.846 bits per heavy atom. The van der Waals surface area contributed by atoms with Gasteiger partial charge < -0.3 is 18.4 Å². The van der Waals surface area contributed by atoms with Crippen molar-refractivity contribution >= 4 is 16.6 Å². The summed E-state index contributed by atoms with van der Waals surface area (Å²) in [6.45, 7) is 0.594. The summed E-state index contributed by atoms with van der Waals surface area (Å²) < 4.78 is 14.5. The summed E-state index contributed by atoms with van der Waals surface area (Å²) in [5.74, 6) is 1.40. The zero-order valence-electron chi connectivity index (χ0n) is 14.8. The molecule has 0 aliphatic heterocycles. The van der Waals surface area contributed by atoms with Gasteiger partial charge in [0.05, 0.1) is 25.3 Å². The summed E-state index contributed by atoms with van der Waals surface area (Å²) in [6, 6.07) is 17.6. The zero-order valence-corrected chi connectivity index (χ0v) is 14.8. The van der Waals surface area contributed by atoms with Gasteiger partial charge in [-0.2, -0.15) is 0 Å². The Bertz CT molecular complexity index is 1140. The Labute approximate surface area is 151 Å². The van der Waals surface area contributed by atoms with E-state index in [9.17, 15) is 4.79 Å². The van der Waals surface area contributed by atoms with Crippen molar-refractivity contribution in [2.45, 2.75) is 13.0 Å². The molecule has 0 amide bonds. The molecule has 2 aromatic heterocycles. The topological polar surface area (TPSA) is 44.9 Å². The number of methoxy groups -OCH3 is 2. The van der Waals surface area contributed by atoms with Gasteiger partial charge in [0, 0.05) is 12.7 Å². The largest absolute Gasteiger partial charge is 0.493 e. The molecule has 0 aliphatic rings. The molecule has 2 heterocycles. The van der Waals surface area contributed by atoms with E-state index < -0.39 is 0 Å². The van der Waals surface area contributed by atoms with Crippen LogP contribution in [-0.2, 0) is 13.0 Å². The van der Waals surface area contributed by atoms with Crippen LogP contribution in [0.1, 0.15) is 5.56 Å². The molecule has 132 valence electrons. The summed E-state index contributed by atoms with van der Waals surface area (Å²) >= 11 is 0. The van der Waals surface area contributed by atoms with Gasteiger partial charge in [-0.05, 0) is 48.4 Å². The minimum absolute atomic E-state index is 0.0224. The van der Waals surface area contributed by atoms with Gasteiger partial charge in [-0.25, -0.2) is 0 Å². The first-order valence-corrected chi connectivity index (χ1v) is 8.52. The van der Waals surface area contributed by atoms with Crippen LogP contribution >= 0.6 is 0 Å². The Balaban J connectivity index is 1.75. The molecule has 5 nitrogen and oxygen atoms in total. The van der Waals surface area contributed by atoms with Crippen LogP contribution in [0, 0.1) is 0 Å². The molecule has 4 aromatic rings. The van der Waals surface area contributed by atoms with Crippen molar-refractivity contribution in [1.82, 2.24) is 8.97 Å². The van der Waals surface area contributed by atoms with Gasteiger partial charge in [-0.15, -0.1) is 0 Å². The second-order valence-electron chi connectivity index (χ2n) is 6.15. The van der Waals surface area contributed by atoms with Crippen molar-refractivity contribution in [1.29, 1.82) is 0 Å². The lowest BCUT2D eigenvalue weighted by Crippen LogP contribution is -2.23. The van der Waals surface area contributed by atoms with Gasteiger partial charge in [0.1, 0.15) is 5.52 Å². The molecule has 0 aliphatic carbocycles. The first-order valence-electron chi connectivity index (χ1n) is 8.52. The zero-order chi connectivity index (χ0) is 18.1. The minimum Gasteiger partial charge on any atom is -0.493 e. The lowest BCUT2D eigenvalue weighted by atomic mass is 10.1. The van der Waals surface area contributed by atoms with E-state index in [0.717, 1.165) is 23.0 Å². The van der Waals surface area contributed by atoms with Crippen LogP contribution in [0.15, 0.2) is 65.6 Å². The van der Waals surface area contributed by atoms with Crippen molar-refractivity contribution < 1.29 is 9.47 Å². The molecule has 0 saturated heterocycles. The lowest BCUT2D eigenvalue weighted by molar-refractivity contribution is 0.354. The predicted octanol–water partition coefficient (Wildman–Crippen LogP) is 3.51. The highest BCUT2D eigenvalue weighted by molar-refractivity contribution is 5.79. The molecule has 0 atom stereocenters. The molecule has 4 rings (SSSR count). The number of rotatable bonds is 5. The Morgan fingerprint density at radius 3 is 2.35 bits per heavy atom. The van der Waals surface area contributed by atoms with Crippen molar-refractivity contribution in [3.63, 3.8) is 0 Å². The third kappa shape index (κ3) is 2.62. The van der Waals surface area contributed by atoms with Crippen LogP contribution in [0.25, 0.3) is 16.6 Å². The maximum Gasteiger partial charge on any atom is 0.275 e. The normalized spacial score (nSPS) is 11.2. The molecule has 0 radical (unpaired) electrons. The molecule has 0 saturated carbocycles. The molecule has 0 fully saturated rings. The van der Waals surface area contributed by atoms with E-state index in [2.05, 4.69) is 0 Å². The van der Waals surface area contributed by atoms with Crippen LogP contribution in [0.2, 0.25) is 0 Å². The summed E-state index contributed by atoms with van der Waals surface area (Å²) in [4.78, 5) is 12.9. The number of fused-ring (bicyclic) bond motifs is 3. The Hall–Kier alpha value is -3.21. The van der Waals surface area contributed by atoms with E-state index in [0.29, 0.717) is 23.6 Å². The van der Waals surface area contributed by atoms with Crippen molar-refractivity contribution in [3.05, 3.63) is 76.7 Å². The first-order chi connectivity index (χ1) is 12.7. The highest BCUT2D eigenvalue weighted by Crippen LogP contribution is 2.28. The van der Waals surface area contributed by atoms with Crippen LogP contribution < -0.4 is 15.0 Å². The molecule has 26 heavy (non-hydrogen) atoms. The SMILES string of the molecule is COc1ccc(CCn2c(=O)c3cccn3c3ccccc32)cc1OC. The molecule has 0 bridgehead atoms. The minimum atomic E-state index is 0.0224. The van der Waals surface area contributed by atoms with Crippen LogP contribution in [0.5, 0.6) is 11.5 Å². The third-order valence-corrected chi connectivity index (χ3v) is 4.72. The second-order valence-corrected chi connectivity index (χ2v) is 6.15. The number of para-hydroxylation sites is 2. The van der Waals surface area contributed by atoms with Crippen LogP contribution in [0.4, 0.5) is 0 Å². The van der Waals surface area contributed by atoms with E-state index in [-0.39, 0.29) is 5.56 Å². The van der Waals surface area contributed by atoms with Crippen LogP contribution in [0.3, 0.4) is 0 Å². The molecule has 0 N–H and O–H groups in total. The van der Waals surface area contributed by atoms with Gasteiger partial charge in [0.25, 0.3) is 5.56 Å². The monoisotopic (exact) mass is 348 g/mol. The number of aromatic nitrogens is 2. The second kappa shape index (κ2) is 6.59. The number of nitrogens with zero attached hydrogens (tertiary/aromatic N) is 2. The van der Waals surface area contributed by atoms with Crippen molar-refractivity contribution in [2.75, 3.05) is 14.2 Å². The Kier molecular flexibility index (Phi) is 4.13. The average molecular weight is 348 g/mol. The molecule has 5 heteroatoms. The standard InChI is InChI=1S/C21H20N2O3/c1-25-19-10-9-15(14-20(19)26-2)11-13-23-17-7-4-3-6-16(17)22-12-5-8-18(22)21(23)24/h3-10,12,14H,11,13H2,1-2H3. The van der Waals surface area contributed by atoms with Gasteiger partial charge in [-0.1, -0.05) is 18.2 Å². The Morgan fingerprint density at radius 2 is 1.58 bits per heavy atom. The third-order valence-electron chi connectivity index (χ3n) is 4.72. The van der Waals surface area contributed by atoms with Gasteiger partial charge >= 0.3 is 0 Å². The first kappa shape index (κ1) is 16.3. The molecular weight excluding hydrogens is 328 g/mol. The molecule has 0 spiro atoms. The van der Waals surface area contributed by atoms with Gasteiger partial charge in [0.15, 0.2) is 11.5 Å². The van der Waals surface area contributed by atoms with Crippen molar-refractivity contribution in [2.24, 2.45) is 0 Å². The maximum atomic E-state index is 12.9. The smallest absolute Gasteiger partial charge is 0.275 e. The highest BCUT2D eigenvalue weighted by Gasteiger charge is 2.11. The fraction of sp³-hybridized carbons (Fsp3) is 0.190. The van der Waals surface area contributed by atoms with E-state index in [1.54, 1.807) is 14.2 Å². The molecule has 2 aromatic carbocycles. The quantitative estimate of drug-likeness (QED) is 0.554. The fourth-order valence-corrected chi connectivity index (χ4v) is 3.41. The van der Waals surface area contributed by atoms with E-state index in [1.807, 2.05) is 69.8 Å². The van der Waals surface area contributed by atoms with Gasteiger partial charge in [-0.3, -0.25) is 4.79 Å². The van der Waals surface area contributed by atoms with Crippen molar-refractivity contribution in [3.8, 4) is 11.5 Å². The van der Waals surface area contributed by atoms with E-state index >= 15 is 0 Å². The van der Waals surface area contributed by atoms with E-state index in [4.69, 9.17) is 9.47 Å². The van der Waals surface area contributed by atoms with Gasteiger partial charge in [0.2, 0.25) is 0 Å². The van der Waals surface area contributed by atoms with E-state index in [1.165, 1.54) is 0 Å². The maximum absolute atomic E-state index is 12.9. The number of ether oxygens (including phenoxy) is 2.